The van der Waals surface area contributed by atoms with Gasteiger partial charge in [-0.2, -0.15) is 0 Å². The molecule has 0 fully saturated rings. The van der Waals surface area contributed by atoms with Crippen molar-refractivity contribution in [2.45, 2.75) is 39.5 Å². The fourth-order valence-electron chi connectivity index (χ4n) is 1.60. The van der Waals surface area contributed by atoms with Crippen LogP contribution in [-0.2, 0) is 11.2 Å². The molecule has 0 radical (unpaired) electrons. The number of hydrogen-bond acceptors (Lipinski definition) is 2. The molecule has 1 rings (SSSR count). The topological polar surface area (TPSA) is 43.1 Å². The van der Waals surface area contributed by atoms with Crippen LogP contribution in [0.2, 0.25) is 0 Å². The van der Waals surface area contributed by atoms with E-state index in [1.165, 1.54) is 5.56 Å². The third-order valence-electron chi connectivity index (χ3n) is 2.95. The lowest BCUT2D eigenvalue weighted by atomic mass is 9.98. The Labute approximate surface area is 97.9 Å². The summed E-state index contributed by atoms with van der Waals surface area (Å²) in [6.07, 6.45) is 3.27. The molecule has 0 heterocycles. The molecule has 0 bridgehead atoms. The second-order valence-electron chi connectivity index (χ2n) is 4.50. The Kier molecular flexibility index (Phi) is 5.03. The van der Waals surface area contributed by atoms with Crippen molar-refractivity contribution in [1.29, 1.82) is 0 Å². The molecule has 1 aromatic carbocycles. The summed E-state index contributed by atoms with van der Waals surface area (Å²) in [6.45, 7) is 4.25. The minimum atomic E-state index is 0.367. The number of anilines is 1. The first kappa shape index (κ1) is 12.8. The second-order valence-corrected chi connectivity index (χ2v) is 4.50. The average molecular weight is 219 g/mol. The zero-order valence-corrected chi connectivity index (χ0v) is 10.2. The van der Waals surface area contributed by atoms with E-state index in [1.54, 1.807) is 0 Å². The number of aryl methyl sites for hydroxylation is 1. The highest BCUT2D eigenvalue weighted by Gasteiger charge is 2.07. The third-order valence-corrected chi connectivity index (χ3v) is 2.95. The summed E-state index contributed by atoms with van der Waals surface area (Å²) >= 11 is 0. The van der Waals surface area contributed by atoms with Crippen molar-refractivity contribution in [3.05, 3.63) is 29.8 Å². The van der Waals surface area contributed by atoms with Gasteiger partial charge in [-0.15, -0.1) is 0 Å². The number of carbonyl (C=O) groups is 1. The van der Waals surface area contributed by atoms with Crippen molar-refractivity contribution >= 4 is 11.5 Å². The number of Topliss-reactive ketones (excluding diaryl/α,β-unsaturated/α-hetero) is 1. The quantitative estimate of drug-likeness (QED) is 0.746. The number of rotatable bonds is 6. The monoisotopic (exact) mass is 219 g/mol. The number of nitrogens with two attached hydrogens (primary N) is 1. The molecule has 0 spiro atoms. The molecule has 88 valence electrons. The van der Waals surface area contributed by atoms with Gasteiger partial charge in [0.2, 0.25) is 0 Å². The summed E-state index contributed by atoms with van der Waals surface area (Å²) in [6, 6.07) is 7.75. The van der Waals surface area contributed by atoms with Crippen LogP contribution in [0.1, 0.15) is 38.7 Å². The molecule has 2 heteroatoms. The fraction of sp³-hybridized carbons (Fsp3) is 0.500. The van der Waals surface area contributed by atoms with Gasteiger partial charge in [0.05, 0.1) is 0 Å². The maximum Gasteiger partial charge on any atom is 0.133 e. The van der Waals surface area contributed by atoms with Gasteiger partial charge in [0.15, 0.2) is 0 Å². The van der Waals surface area contributed by atoms with Crippen molar-refractivity contribution in [3.8, 4) is 0 Å². The van der Waals surface area contributed by atoms with Crippen LogP contribution in [0.5, 0.6) is 0 Å². The Hall–Kier alpha value is -1.31. The Morgan fingerprint density at radius 1 is 1.31 bits per heavy atom. The molecule has 0 aliphatic carbocycles. The van der Waals surface area contributed by atoms with Crippen molar-refractivity contribution < 1.29 is 4.79 Å². The molecule has 0 saturated heterocycles. The van der Waals surface area contributed by atoms with Gasteiger partial charge in [0.25, 0.3) is 0 Å². The first-order valence-corrected chi connectivity index (χ1v) is 5.98. The minimum absolute atomic E-state index is 0.367. The molecule has 0 aliphatic rings. The second kappa shape index (κ2) is 6.31. The van der Waals surface area contributed by atoms with Crippen LogP contribution in [0, 0.1) is 5.92 Å². The zero-order chi connectivity index (χ0) is 12.0. The highest BCUT2D eigenvalue weighted by Crippen LogP contribution is 2.12. The molecule has 0 saturated carbocycles. The van der Waals surface area contributed by atoms with E-state index in [9.17, 15) is 4.79 Å². The molecule has 16 heavy (non-hydrogen) atoms. The Morgan fingerprint density at radius 2 is 1.94 bits per heavy atom. The van der Waals surface area contributed by atoms with Crippen LogP contribution in [0.4, 0.5) is 5.69 Å². The van der Waals surface area contributed by atoms with E-state index in [0.29, 0.717) is 24.5 Å². The van der Waals surface area contributed by atoms with Gasteiger partial charge < -0.3 is 5.73 Å². The number of carbonyl (C=O) groups excluding carboxylic acids is 1. The van der Waals surface area contributed by atoms with E-state index in [4.69, 9.17) is 5.73 Å². The fourth-order valence-corrected chi connectivity index (χ4v) is 1.60. The van der Waals surface area contributed by atoms with Crippen LogP contribution < -0.4 is 5.73 Å². The van der Waals surface area contributed by atoms with Crippen LogP contribution in [-0.4, -0.2) is 5.78 Å². The maximum atomic E-state index is 11.6. The van der Waals surface area contributed by atoms with E-state index in [-0.39, 0.29) is 0 Å². The van der Waals surface area contributed by atoms with Crippen LogP contribution >= 0.6 is 0 Å². The van der Waals surface area contributed by atoms with Gasteiger partial charge in [0.1, 0.15) is 5.78 Å². The van der Waals surface area contributed by atoms with Gasteiger partial charge in [0, 0.05) is 18.5 Å². The van der Waals surface area contributed by atoms with Gasteiger partial charge in [-0.1, -0.05) is 32.4 Å². The van der Waals surface area contributed by atoms with E-state index in [1.807, 2.05) is 24.3 Å². The molecule has 1 aromatic rings. The first-order valence-electron chi connectivity index (χ1n) is 5.98. The number of nitrogen functional groups attached to an aromatic ring is 1. The van der Waals surface area contributed by atoms with Crippen molar-refractivity contribution in [1.82, 2.24) is 0 Å². The van der Waals surface area contributed by atoms with Crippen molar-refractivity contribution in [3.63, 3.8) is 0 Å². The maximum absolute atomic E-state index is 11.6. The molecular formula is C14H21NO. The van der Waals surface area contributed by atoms with Gasteiger partial charge in [-0.05, 0) is 30.0 Å². The Bertz CT molecular complexity index is 329. The summed E-state index contributed by atoms with van der Waals surface area (Å²) in [5.74, 6) is 0.880. The summed E-state index contributed by atoms with van der Waals surface area (Å²) in [4.78, 5) is 11.6. The lowest BCUT2D eigenvalue weighted by Gasteiger charge is -2.07. The van der Waals surface area contributed by atoms with Gasteiger partial charge in [-0.25, -0.2) is 0 Å². The number of hydrogen-bond donors (Lipinski definition) is 1. The molecule has 0 aliphatic heterocycles. The van der Waals surface area contributed by atoms with E-state index >= 15 is 0 Å². The zero-order valence-electron chi connectivity index (χ0n) is 10.2. The molecular weight excluding hydrogens is 198 g/mol. The molecule has 2 N–H and O–H groups in total. The van der Waals surface area contributed by atoms with E-state index < -0.39 is 0 Å². The van der Waals surface area contributed by atoms with Crippen LogP contribution in [0.25, 0.3) is 0 Å². The number of benzene rings is 1. The van der Waals surface area contributed by atoms with Crippen LogP contribution in [0.15, 0.2) is 24.3 Å². The normalized spacial score (nSPS) is 12.4. The minimum Gasteiger partial charge on any atom is -0.399 e. The lowest BCUT2D eigenvalue weighted by Crippen LogP contribution is -2.05. The first-order chi connectivity index (χ1) is 7.61. The average Bonchev–Trinajstić information content (AvgIpc) is 2.28. The predicted molar refractivity (Wildman–Crippen MR) is 68.3 cm³/mol. The largest absolute Gasteiger partial charge is 0.399 e. The van der Waals surface area contributed by atoms with Crippen molar-refractivity contribution in [2.24, 2.45) is 5.92 Å². The molecule has 1 atom stereocenters. The number of ketones is 1. The third kappa shape index (κ3) is 4.47. The van der Waals surface area contributed by atoms with Crippen molar-refractivity contribution in [2.75, 3.05) is 5.73 Å². The lowest BCUT2D eigenvalue weighted by molar-refractivity contribution is -0.119. The van der Waals surface area contributed by atoms with Gasteiger partial charge >= 0.3 is 0 Å². The van der Waals surface area contributed by atoms with E-state index in [2.05, 4.69) is 13.8 Å². The highest BCUT2D eigenvalue weighted by atomic mass is 16.1. The summed E-state index contributed by atoms with van der Waals surface area (Å²) in [5, 5.41) is 0. The molecule has 1 unspecified atom stereocenters. The van der Waals surface area contributed by atoms with E-state index in [0.717, 1.165) is 18.5 Å². The SMILES string of the molecule is CCC(C)CC(=O)CCc1ccc(N)cc1. The summed E-state index contributed by atoms with van der Waals surface area (Å²) in [5.41, 5.74) is 7.56. The highest BCUT2D eigenvalue weighted by molar-refractivity contribution is 5.78. The molecule has 0 amide bonds. The van der Waals surface area contributed by atoms with Crippen LogP contribution in [0.3, 0.4) is 0 Å². The summed E-state index contributed by atoms with van der Waals surface area (Å²) in [7, 11) is 0. The predicted octanol–water partition coefficient (Wildman–Crippen LogP) is 3.21. The molecule has 2 nitrogen and oxygen atoms in total. The Morgan fingerprint density at radius 3 is 2.50 bits per heavy atom. The molecule has 0 aromatic heterocycles. The standard InChI is InChI=1S/C14H21NO/c1-3-11(2)10-14(16)9-6-12-4-7-13(15)8-5-12/h4-5,7-8,11H,3,6,9-10,15H2,1-2H3. The smallest absolute Gasteiger partial charge is 0.133 e. The Balaban J connectivity index is 2.34. The summed E-state index contributed by atoms with van der Waals surface area (Å²) < 4.78 is 0. The van der Waals surface area contributed by atoms with Gasteiger partial charge in [-0.3, -0.25) is 4.79 Å².